The number of nitrogens with zero attached hydrogens (tertiary/aromatic N) is 3. The fourth-order valence-corrected chi connectivity index (χ4v) is 2.19. The van der Waals surface area contributed by atoms with Crippen molar-refractivity contribution in [3.05, 3.63) is 70.8 Å². The van der Waals surface area contributed by atoms with Crippen molar-refractivity contribution in [3.63, 3.8) is 0 Å². The van der Waals surface area contributed by atoms with Gasteiger partial charge in [0.2, 0.25) is 0 Å². The first kappa shape index (κ1) is 14.5. The van der Waals surface area contributed by atoms with Crippen LogP contribution in [0.1, 0.15) is 0 Å². The number of para-hydroxylation sites is 1. The molecule has 23 heavy (non-hydrogen) atoms. The molecule has 0 fully saturated rings. The summed E-state index contributed by atoms with van der Waals surface area (Å²) >= 11 is 0. The number of benzene rings is 3. The van der Waals surface area contributed by atoms with Crippen LogP contribution >= 0.6 is 0 Å². The first-order chi connectivity index (χ1) is 11.1. The standard InChI is InChI=1S/C16H12N4O3/c21-16-12-6-2-1-5-11(12)9-10-15(16)18-17-13-7-3-4-8-14(13)19-20(22)23/h1-10,19,21H. The van der Waals surface area contributed by atoms with Gasteiger partial charge in [0.15, 0.2) is 10.8 Å². The average molecular weight is 308 g/mol. The minimum atomic E-state index is -0.665. The number of azo groups is 1. The molecule has 0 aliphatic carbocycles. The maximum Gasteiger partial charge on any atom is 0.162 e. The minimum Gasteiger partial charge on any atom is -0.505 e. The van der Waals surface area contributed by atoms with Crippen molar-refractivity contribution in [2.24, 2.45) is 10.2 Å². The lowest BCUT2D eigenvalue weighted by atomic mass is 10.1. The molecule has 3 rings (SSSR count). The van der Waals surface area contributed by atoms with Gasteiger partial charge in [0, 0.05) is 5.39 Å². The van der Waals surface area contributed by atoms with Gasteiger partial charge in [-0.15, -0.1) is 15.7 Å². The Hall–Kier alpha value is -3.48. The van der Waals surface area contributed by atoms with Crippen LogP contribution in [0.5, 0.6) is 5.75 Å². The normalized spacial score (nSPS) is 11.0. The lowest BCUT2D eigenvalue weighted by Crippen LogP contribution is -2.07. The molecular weight excluding hydrogens is 296 g/mol. The molecule has 2 N–H and O–H groups in total. The third-order valence-corrected chi connectivity index (χ3v) is 3.26. The number of nitrogens with one attached hydrogen (secondary N) is 1. The van der Waals surface area contributed by atoms with E-state index in [-0.39, 0.29) is 11.4 Å². The number of phenolic OH excluding ortho intramolecular Hbond substituents is 1. The third kappa shape index (κ3) is 3.08. The fourth-order valence-electron chi connectivity index (χ4n) is 2.19. The van der Waals surface area contributed by atoms with E-state index in [1.165, 1.54) is 6.07 Å². The lowest BCUT2D eigenvalue weighted by Gasteiger charge is -2.04. The number of anilines is 1. The molecular formula is C16H12N4O3. The lowest BCUT2D eigenvalue weighted by molar-refractivity contribution is -0.445. The van der Waals surface area contributed by atoms with E-state index in [0.717, 1.165) is 5.39 Å². The Balaban J connectivity index is 1.98. The highest BCUT2D eigenvalue weighted by Crippen LogP contribution is 2.36. The summed E-state index contributed by atoms with van der Waals surface area (Å²) in [5.41, 5.74) is 2.88. The molecule has 0 saturated carbocycles. The van der Waals surface area contributed by atoms with Gasteiger partial charge in [0.25, 0.3) is 0 Å². The van der Waals surface area contributed by atoms with E-state index >= 15 is 0 Å². The van der Waals surface area contributed by atoms with E-state index in [9.17, 15) is 15.2 Å². The van der Waals surface area contributed by atoms with Gasteiger partial charge in [0.1, 0.15) is 17.1 Å². The minimum absolute atomic E-state index is 0.0200. The van der Waals surface area contributed by atoms with Crippen LogP contribution in [0, 0.1) is 10.1 Å². The molecule has 0 aromatic heterocycles. The Labute approximate surface area is 131 Å². The summed E-state index contributed by atoms with van der Waals surface area (Å²) in [5, 5.41) is 29.7. The zero-order chi connectivity index (χ0) is 16.2. The number of hydrazine groups is 1. The largest absolute Gasteiger partial charge is 0.505 e. The highest BCUT2D eigenvalue weighted by molar-refractivity contribution is 5.92. The molecule has 0 amide bonds. The molecule has 0 radical (unpaired) electrons. The number of hydrogen-bond donors (Lipinski definition) is 2. The summed E-state index contributed by atoms with van der Waals surface area (Å²) < 4.78 is 0. The third-order valence-electron chi connectivity index (χ3n) is 3.26. The summed E-state index contributed by atoms with van der Waals surface area (Å²) in [6.07, 6.45) is 0. The summed E-state index contributed by atoms with van der Waals surface area (Å²) in [5.74, 6) is 0.0200. The van der Waals surface area contributed by atoms with Crippen LogP contribution in [0.3, 0.4) is 0 Å². The highest BCUT2D eigenvalue weighted by atomic mass is 16.7. The Morgan fingerprint density at radius 2 is 1.61 bits per heavy atom. The van der Waals surface area contributed by atoms with E-state index in [1.807, 2.05) is 24.3 Å². The second-order valence-electron chi connectivity index (χ2n) is 4.74. The second-order valence-corrected chi connectivity index (χ2v) is 4.74. The Bertz CT molecular complexity index is 909. The van der Waals surface area contributed by atoms with Crippen molar-refractivity contribution in [1.82, 2.24) is 0 Å². The van der Waals surface area contributed by atoms with Gasteiger partial charge in [-0.2, -0.15) is 0 Å². The van der Waals surface area contributed by atoms with Gasteiger partial charge in [-0.05, 0) is 23.6 Å². The Kier molecular flexibility index (Phi) is 3.84. The topological polar surface area (TPSA) is 100 Å². The molecule has 0 atom stereocenters. The molecule has 7 nitrogen and oxygen atoms in total. The van der Waals surface area contributed by atoms with Crippen molar-refractivity contribution in [3.8, 4) is 5.75 Å². The molecule has 0 saturated heterocycles. The molecule has 114 valence electrons. The van der Waals surface area contributed by atoms with E-state index < -0.39 is 5.03 Å². The summed E-state index contributed by atoms with van der Waals surface area (Å²) in [6, 6.07) is 17.3. The summed E-state index contributed by atoms with van der Waals surface area (Å²) in [7, 11) is 0. The van der Waals surface area contributed by atoms with Crippen LogP contribution in [-0.4, -0.2) is 10.1 Å². The summed E-state index contributed by atoms with van der Waals surface area (Å²) in [6.45, 7) is 0. The van der Waals surface area contributed by atoms with Gasteiger partial charge in [-0.1, -0.05) is 42.5 Å². The molecule has 3 aromatic carbocycles. The molecule has 0 unspecified atom stereocenters. The number of aromatic hydroxyl groups is 1. The van der Waals surface area contributed by atoms with Crippen LogP contribution in [0.25, 0.3) is 10.8 Å². The fraction of sp³-hybridized carbons (Fsp3) is 0. The monoisotopic (exact) mass is 308 g/mol. The van der Waals surface area contributed by atoms with Gasteiger partial charge in [-0.3, -0.25) is 0 Å². The number of phenols is 1. The molecule has 0 aliphatic heterocycles. The molecule has 0 aliphatic rings. The molecule has 0 heterocycles. The average Bonchev–Trinajstić information content (AvgIpc) is 2.55. The maximum absolute atomic E-state index is 10.6. The van der Waals surface area contributed by atoms with Crippen molar-refractivity contribution in [1.29, 1.82) is 0 Å². The molecule has 7 heteroatoms. The van der Waals surface area contributed by atoms with Crippen molar-refractivity contribution in [2.75, 3.05) is 5.43 Å². The predicted octanol–water partition coefficient (Wildman–Crippen LogP) is 4.56. The van der Waals surface area contributed by atoms with E-state index in [1.54, 1.807) is 30.3 Å². The first-order valence-electron chi connectivity index (χ1n) is 6.77. The number of rotatable bonds is 4. The Morgan fingerprint density at radius 3 is 2.43 bits per heavy atom. The molecule has 0 spiro atoms. The maximum atomic E-state index is 10.6. The van der Waals surface area contributed by atoms with Crippen LogP contribution < -0.4 is 5.43 Å². The molecule has 3 aromatic rings. The predicted molar refractivity (Wildman–Crippen MR) is 86.8 cm³/mol. The van der Waals surface area contributed by atoms with Crippen molar-refractivity contribution >= 4 is 27.8 Å². The SMILES string of the molecule is O=[N+]([O-])Nc1ccccc1N=Nc1ccc2ccccc2c1O. The first-order valence-corrected chi connectivity index (χ1v) is 6.77. The zero-order valence-electron chi connectivity index (χ0n) is 11.9. The van der Waals surface area contributed by atoms with Crippen LogP contribution in [-0.2, 0) is 0 Å². The van der Waals surface area contributed by atoms with Gasteiger partial charge >= 0.3 is 0 Å². The second kappa shape index (κ2) is 6.10. The quantitative estimate of drug-likeness (QED) is 0.419. The van der Waals surface area contributed by atoms with Gasteiger partial charge in [-0.25, -0.2) is 10.1 Å². The van der Waals surface area contributed by atoms with E-state index in [4.69, 9.17) is 0 Å². The Morgan fingerprint density at radius 1 is 0.913 bits per heavy atom. The zero-order valence-corrected chi connectivity index (χ0v) is 11.9. The van der Waals surface area contributed by atoms with Gasteiger partial charge < -0.3 is 5.11 Å². The van der Waals surface area contributed by atoms with Crippen LogP contribution in [0.15, 0.2) is 70.9 Å². The summed E-state index contributed by atoms with van der Waals surface area (Å²) in [4.78, 5) is 10.6. The van der Waals surface area contributed by atoms with Crippen LogP contribution in [0.4, 0.5) is 17.1 Å². The van der Waals surface area contributed by atoms with E-state index in [0.29, 0.717) is 16.8 Å². The number of nitro groups is 1. The van der Waals surface area contributed by atoms with E-state index in [2.05, 4.69) is 15.7 Å². The number of fused-ring (bicyclic) bond motifs is 1. The van der Waals surface area contributed by atoms with Crippen molar-refractivity contribution < 1.29 is 10.1 Å². The van der Waals surface area contributed by atoms with Gasteiger partial charge in [0.05, 0.1) is 0 Å². The van der Waals surface area contributed by atoms with Crippen molar-refractivity contribution in [2.45, 2.75) is 0 Å². The number of hydrogen-bond acceptors (Lipinski definition) is 5. The highest BCUT2D eigenvalue weighted by Gasteiger charge is 2.08. The molecule has 0 bridgehead atoms. The smallest absolute Gasteiger partial charge is 0.162 e. The van der Waals surface area contributed by atoms with Crippen LogP contribution in [0.2, 0.25) is 0 Å².